The highest BCUT2D eigenvalue weighted by Crippen LogP contribution is 2.32. The molecule has 3 rings (SSSR count). The number of alkyl halides is 3. The van der Waals surface area contributed by atoms with Crippen molar-refractivity contribution in [2.75, 3.05) is 19.6 Å². The van der Waals surface area contributed by atoms with Gasteiger partial charge in [0.05, 0.1) is 36.7 Å². The Morgan fingerprint density at radius 1 is 1.13 bits per heavy atom. The standard InChI is InChI=1S/C20H17F3N4O4/c1-30-18(28)15-14-4-3-9-27(14)17(16(15)19(29)31-2)13(10-24)26-25-12-7-5-11(6-8-12)20(21,22)23/h5-8,25H,3-4,9H2,1-2H3/b26-13+. The number of ether oxygens (including phenoxy) is 2. The van der Waals surface area contributed by atoms with Gasteiger partial charge in [0, 0.05) is 12.2 Å². The fourth-order valence-corrected chi connectivity index (χ4v) is 3.43. The molecule has 0 radical (unpaired) electrons. The van der Waals surface area contributed by atoms with Gasteiger partial charge in [0.25, 0.3) is 0 Å². The third-order valence-electron chi connectivity index (χ3n) is 4.78. The van der Waals surface area contributed by atoms with Gasteiger partial charge in [0.2, 0.25) is 0 Å². The van der Waals surface area contributed by atoms with Gasteiger partial charge in [-0.05, 0) is 37.1 Å². The van der Waals surface area contributed by atoms with Crippen LogP contribution < -0.4 is 5.43 Å². The first-order valence-electron chi connectivity index (χ1n) is 9.06. The molecule has 0 spiro atoms. The fraction of sp³-hybridized carbons (Fsp3) is 0.300. The zero-order valence-corrected chi connectivity index (χ0v) is 16.5. The molecule has 11 heteroatoms. The summed E-state index contributed by atoms with van der Waals surface area (Å²) in [5.41, 5.74) is 2.13. The summed E-state index contributed by atoms with van der Waals surface area (Å²) in [5, 5.41) is 13.6. The Labute approximate surface area is 174 Å². The second-order valence-corrected chi connectivity index (χ2v) is 6.54. The summed E-state index contributed by atoms with van der Waals surface area (Å²) in [4.78, 5) is 24.8. The number of benzene rings is 1. The van der Waals surface area contributed by atoms with Crippen molar-refractivity contribution in [3.63, 3.8) is 0 Å². The number of aromatic nitrogens is 1. The third kappa shape index (κ3) is 4.09. The molecule has 1 N–H and O–H groups in total. The number of carbonyl (C=O) groups is 2. The number of hydrazone groups is 1. The quantitative estimate of drug-likeness (QED) is 0.440. The van der Waals surface area contributed by atoms with E-state index >= 15 is 0 Å². The van der Waals surface area contributed by atoms with Crippen LogP contribution >= 0.6 is 0 Å². The SMILES string of the molecule is COC(=O)c1c(C(=O)OC)c(/C(C#N)=N/Nc2ccc(C(F)(F)F)cc2)n2c1CCC2. The molecule has 0 aliphatic carbocycles. The van der Waals surface area contributed by atoms with Crippen molar-refractivity contribution in [3.8, 4) is 6.07 Å². The maximum Gasteiger partial charge on any atom is 0.416 e. The molecule has 162 valence electrons. The third-order valence-corrected chi connectivity index (χ3v) is 4.78. The zero-order valence-electron chi connectivity index (χ0n) is 16.5. The van der Waals surface area contributed by atoms with Crippen LogP contribution in [0, 0.1) is 11.3 Å². The van der Waals surface area contributed by atoms with Crippen LogP contribution in [0.25, 0.3) is 0 Å². The predicted octanol–water partition coefficient (Wildman–Crippen LogP) is 3.37. The molecule has 0 amide bonds. The smallest absolute Gasteiger partial charge is 0.416 e. The number of hydrogen-bond donors (Lipinski definition) is 1. The Morgan fingerprint density at radius 2 is 1.74 bits per heavy atom. The minimum atomic E-state index is -4.48. The van der Waals surface area contributed by atoms with Gasteiger partial charge in [-0.15, -0.1) is 0 Å². The Hall–Kier alpha value is -3.81. The molecular formula is C20H17F3N4O4. The molecule has 0 bridgehead atoms. The molecule has 1 aliphatic heterocycles. The lowest BCUT2D eigenvalue weighted by molar-refractivity contribution is -0.137. The van der Waals surface area contributed by atoms with E-state index in [1.807, 2.05) is 6.07 Å². The molecule has 0 unspecified atom stereocenters. The Bertz CT molecular complexity index is 1100. The van der Waals surface area contributed by atoms with Crippen molar-refractivity contribution < 1.29 is 32.2 Å². The summed E-state index contributed by atoms with van der Waals surface area (Å²) in [6.07, 6.45) is -3.32. The second-order valence-electron chi connectivity index (χ2n) is 6.54. The van der Waals surface area contributed by atoms with E-state index in [4.69, 9.17) is 9.47 Å². The van der Waals surface area contributed by atoms with E-state index < -0.39 is 23.7 Å². The van der Waals surface area contributed by atoms with Gasteiger partial charge < -0.3 is 14.0 Å². The largest absolute Gasteiger partial charge is 0.465 e. The molecule has 31 heavy (non-hydrogen) atoms. The van der Waals surface area contributed by atoms with Gasteiger partial charge >= 0.3 is 18.1 Å². The van der Waals surface area contributed by atoms with Crippen LogP contribution in [0.5, 0.6) is 0 Å². The van der Waals surface area contributed by atoms with Crippen molar-refractivity contribution in [2.45, 2.75) is 25.6 Å². The first kappa shape index (κ1) is 21.9. The van der Waals surface area contributed by atoms with Crippen molar-refractivity contribution in [2.24, 2.45) is 5.10 Å². The number of carbonyl (C=O) groups excluding carboxylic acids is 2. The molecule has 0 atom stereocenters. The van der Waals surface area contributed by atoms with Crippen LogP contribution in [0.1, 0.15) is 44.1 Å². The number of methoxy groups -OCH3 is 2. The first-order chi connectivity index (χ1) is 14.7. The van der Waals surface area contributed by atoms with Crippen molar-refractivity contribution >= 4 is 23.3 Å². The van der Waals surface area contributed by atoms with E-state index in [9.17, 15) is 28.0 Å². The Morgan fingerprint density at radius 3 is 2.29 bits per heavy atom. The van der Waals surface area contributed by atoms with Crippen LogP contribution in [0.15, 0.2) is 29.4 Å². The van der Waals surface area contributed by atoms with Crippen molar-refractivity contribution in [1.29, 1.82) is 5.26 Å². The number of fused-ring (bicyclic) bond motifs is 1. The topological polar surface area (TPSA) is 106 Å². The second kappa shape index (κ2) is 8.51. The summed E-state index contributed by atoms with van der Waals surface area (Å²) in [6.45, 7) is 0.437. The van der Waals surface area contributed by atoms with E-state index in [1.165, 1.54) is 7.11 Å². The molecular weight excluding hydrogens is 417 g/mol. The molecule has 1 aliphatic rings. The highest BCUT2D eigenvalue weighted by atomic mass is 19.4. The van der Waals surface area contributed by atoms with E-state index in [0.29, 0.717) is 25.1 Å². The van der Waals surface area contributed by atoms with E-state index in [2.05, 4.69) is 10.5 Å². The average molecular weight is 434 g/mol. The van der Waals surface area contributed by atoms with Gasteiger partial charge in [-0.25, -0.2) is 9.59 Å². The van der Waals surface area contributed by atoms with Crippen LogP contribution in [-0.4, -0.2) is 36.4 Å². The lowest BCUT2D eigenvalue weighted by atomic mass is 10.0. The first-order valence-corrected chi connectivity index (χ1v) is 9.06. The van der Waals surface area contributed by atoms with Gasteiger partial charge in [0.15, 0.2) is 5.71 Å². The van der Waals surface area contributed by atoms with E-state index in [0.717, 1.165) is 31.4 Å². The highest BCUT2D eigenvalue weighted by molar-refractivity contribution is 6.19. The van der Waals surface area contributed by atoms with Gasteiger partial charge in [-0.1, -0.05) is 0 Å². The molecule has 2 heterocycles. The number of nitrogens with one attached hydrogen (secondary N) is 1. The van der Waals surface area contributed by atoms with Crippen LogP contribution in [0.3, 0.4) is 0 Å². The Balaban J connectivity index is 2.06. The average Bonchev–Trinajstić information content (AvgIpc) is 3.34. The highest BCUT2D eigenvalue weighted by Gasteiger charge is 2.36. The number of nitriles is 1. The molecule has 2 aromatic rings. The summed E-state index contributed by atoms with van der Waals surface area (Å²) in [5.74, 6) is -1.58. The summed E-state index contributed by atoms with van der Waals surface area (Å²) >= 11 is 0. The number of halogens is 3. The lowest BCUT2D eigenvalue weighted by Crippen LogP contribution is -2.16. The number of nitrogens with zero attached hydrogens (tertiary/aromatic N) is 3. The van der Waals surface area contributed by atoms with Crippen LogP contribution in [0.4, 0.5) is 18.9 Å². The molecule has 0 saturated carbocycles. The van der Waals surface area contributed by atoms with Crippen molar-refractivity contribution in [1.82, 2.24) is 4.57 Å². The number of anilines is 1. The van der Waals surface area contributed by atoms with Gasteiger partial charge in [-0.3, -0.25) is 5.43 Å². The van der Waals surface area contributed by atoms with Crippen LogP contribution in [0.2, 0.25) is 0 Å². The minimum absolute atomic E-state index is 0.0133. The molecule has 1 aromatic heterocycles. The maximum atomic E-state index is 12.7. The number of hydrogen-bond acceptors (Lipinski definition) is 7. The Kier molecular flexibility index (Phi) is 6.01. The molecule has 0 saturated heterocycles. The van der Waals surface area contributed by atoms with Gasteiger partial charge in [-0.2, -0.15) is 23.5 Å². The summed E-state index contributed by atoms with van der Waals surface area (Å²) < 4.78 is 49.4. The van der Waals surface area contributed by atoms with E-state index in [-0.39, 0.29) is 28.2 Å². The van der Waals surface area contributed by atoms with Gasteiger partial charge in [0.1, 0.15) is 11.6 Å². The molecule has 0 fully saturated rings. The summed E-state index contributed by atoms with van der Waals surface area (Å²) in [6, 6.07) is 5.92. The number of rotatable bonds is 5. The fourth-order valence-electron chi connectivity index (χ4n) is 3.43. The predicted molar refractivity (Wildman–Crippen MR) is 103 cm³/mol. The monoisotopic (exact) mass is 434 g/mol. The normalized spacial score (nSPS) is 13.4. The summed E-state index contributed by atoms with van der Waals surface area (Å²) in [7, 11) is 2.31. The molecule has 8 nitrogen and oxygen atoms in total. The van der Waals surface area contributed by atoms with Crippen molar-refractivity contribution in [3.05, 3.63) is 52.3 Å². The molecule has 1 aromatic carbocycles. The lowest BCUT2D eigenvalue weighted by Gasteiger charge is -2.09. The number of esters is 2. The zero-order chi connectivity index (χ0) is 22.8. The van der Waals surface area contributed by atoms with Crippen LogP contribution in [-0.2, 0) is 28.6 Å². The minimum Gasteiger partial charge on any atom is -0.465 e. The maximum absolute atomic E-state index is 12.7. The van der Waals surface area contributed by atoms with E-state index in [1.54, 1.807) is 4.57 Å².